The van der Waals surface area contributed by atoms with Crippen LogP contribution in [0.25, 0.3) is 11.6 Å². The van der Waals surface area contributed by atoms with Gasteiger partial charge in [0.15, 0.2) is 5.76 Å². The lowest BCUT2D eigenvalue weighted by Crippen LogP contribution is -2.22. The highest BCUT2D eigenvalue weighted by atomic mass is 32.1. The molecule has 7 heteroatoms. The van der Waals surface area contributed by atoms with Gasteiger partial charge in [-0.15, -0.1) is 11.3 Å². The van der Waals surface area contributed by atoms with Gasteiger partial charge in [0.25, 0.3) is 0 Å². The minimum atomic E-state index is -0.0365. The van der Waals surface area contributed by atoms with Gasteiger partial charge in [-0.05, 0) is 36.1 Å². The number of amides is 1. The van der Waals surface area contributed by atoms with Crippen molar-refractivity contribution < 1.29 is 13.7 Å². The van der Waals surface area contributed by atoms with Crippen molar-refractivity contribution in [2.24, 2.45) is 0 Å². The van der Waals surface area contributed by atoms with E-state index in [0.717, 1.165) is 0 Å². The smallest absolute Gasteiger partial charge is 0.238 e. The molecule has 0 unspecified atom stereocenters. The highest BCUT2D eigenvalue weighted by Crippen LogP contribution is 2.17. The van der Waals surface area contributed by atoms with Gasteiger partial charge in [-0.2, -0.15) is 4.98 Å². The predicted molar refractivity (Wildman–Crippen MR) is 81.2 cm³/mol. The molecule has 1 N–H and O–H groups in total. The highest BCUT2D eigenvalue weighted by molar-refractivity contribution is 7.10. The third-order valence-electron chi connectivity index (χ3n) is 3.19. The molecule has 0 bridgehead atoms. The molecule has 0 aromatic carbocycles. The Labute approximate surface area is 131 Å². The summed E-state index contributed by atoms with van der Waals surface area (Å²) < 4.78 is 10.3. The Morgan fingerprint density at radius 2 is 2.32 bits per heavy atom. The maximum absolute atomic E-state index is 11.8. The zero-order valence-corrected chi connectivity index (χ0v) is 12.9. The monoisotopic (exact) mass is 317 g/mol. The van der Waals surface area contributed by atoms with Crippen molar-refractivity contribution in [3.63, 3.8) is 0 Å². The standard InChI is InChI=1S/C15H15N3O3S/c1-10-6-8-22-12(10)9-16-13(19)4-5-14-17-15(18-21-14)11-3-2-7-20-11/h2-3,6-8H,4-5,9H2,1H3,(H,16,19). The number of hydrogen-bond acceptors (Lipinski definition) is 6. The molecule has 6 nitrogen and oxygen atoms in total. The first kappa shape index (κ1) is 14.5. The maximum atomic E-state index is 11.8. The van der Waals surface area contributed by atoms with E-state index >= 15 is 0 Å². The highest BCUT2D eigenvalue weighted by Gasteiger charge is 2.12. The summed E-state index contributed by atoms with van der Waals surface area (Å²) in [4.78, 5) is 17.2. The molecule has 1 amide bonds. The van der Waals surface area contributed by atoms with Crippen LogP contribution in [0.2, 0.25) is 0 Å². The summed E-state index contributed by atoms with van der Waals surface area (Å²) in [6.45, 7) is 2.59. The van der Waals surface area contributed by atoms with Gasteiger partial charge in [0, 0.05) is 17.7 Å². The van der Waals surface area contributed by atoms with Gasteiger partial charge < -0.3 is 14.3 Å². The minimum absolute atomic E-state index is 0.0365. The van der Waals surface area contributed by atoms with Crippen LogP contribution in [-0.2, 0) is 17.8 Å². The van der Waals surface area contributed by atoms with Gasteiger partial charge >= 0.3 is 0 Å². The van der Waals surface area contributed by atoms with E-state index in [2.05, 4.69) is 15.5 Å². The molecular formula is C15H15N3O3S. The fourth-order valence-corrected chi connectivity index (χ4v) is 2.78. The van der Waals surface area contributed by atoms with Gasteiger partial charge in [-0.25, -0.2) is 0 Å². The summed E-state index contributed by atoms with van der Waals surface area (Å²) in [5.74, 6) is 1.33. The van der Waals surface area contributed by atoms with Crippen LogP contribution in [0.3, 0.4) is 0 Å². The van der Waals surface area contributed by atoms with Crippen LogP contribution in [0, 0.1) is 6.92 Å². The van der Waals surface area contributed by atoms with Crippen molar-refractivity contribution in [1.82, 2.24) is 15.5 Å². The minimum Gasteiger partial charge on any atom is -0.461 e. The molecule has 0 spiro atoms. The largest absolute Gasteiger partial charge is 0.461 e. The second kappa shape index (κ2) is 6.57. The predicted octanol–water partition coefficient (Wildman–Crippen LogP) is 2.95. The molecule has 0 radical (unpaired) electrons. The number of nitrogens with zero attached hydrogens (tertiary/aromatic N) is 2. The van der Waals surface area contributed by atoms with E-state index in [4.69, 9.17) is 8.94 Å². The Morgan fingerprint density at radius 3 is 3.05 bits per heavy atom. The SMILES string of the molecule is Cc1ccsc1CNC(=O)CCc1nc(-c2ccco2)no1. The third-order valence-corrected chi connectivity index (χ3v) is 4.21. The second-order valence-corrected chi connectivity index (χ2v) is 5.79. The van der Waals surface area contributed by atoms with E-state index in [0.29, 0.717) is 36.9 Å². The van der Waals surface area contributed by atoms with Crippen molar-refractivity contribution in [3.05, 3.63) is 46.2 Å². The Morgan fingerprint density at radius 1 is 1.41 bits per heavy atom. The average molecular weight is 317 g/mol. The Hall–Kier alpha value is -2.41. The van der Waals surface area contributed by atoms with Gasteiger partial charge in [-0.1, -0.05) is 5.16 Å². The molecule has 0 saturated carbocycles. The molecular weight excluding hydrogens is 302 g/mol. The molecule has 0 aliphatic rings. The van der Waals surface area contributed by atoms with Gasteiger partial charge in [-0.3, -0.25) is 4.79 Å². The number of hydrogen-bond donors (Lipinski definition) is 1. The second-order valence-electron chi connectivity index (χ2n) is 4.79. The van der Waals surface area contributed by atoms with Gasteiger partial charge in [0.2, 0.25) is 17.6 Å². The molecule has 22 heavy (non-hydrogen) atoms. The lowest BCUT2D eigenvalue weighted by molar-refractivity contribution is -0.121. The zero-order valence-electron chi connectivity index (χ0n) is 12.0. The summed E-state index contributed by atoms with van der Waals surface area (Å²) in [7, 11) is 0. The van der Waals surface area contributed by atoms with Crippen LogP contribution in [0.5, 0.6) is 0 Å². The van der Waals surface area contributed by atoms with E-state index in [1.807, 2.05) is 18.4 Å². The van der Waals surface area contributed by atoms with Gasteiger partial charge in [0.05, 0.1) is 12.8 Å². The summed E-state index contributed by atoms with van der Waals surface area (Å²) in [6.07, 6.45) is 2.26. The third kappa shape index (κ3) is 3.43. The van der Waals surface area contributed by atoms with E-state index < -0.39 is 0 Å². The van der Waals surface area contributed by atoms with Crippen molar-refractivity contribution in [2.45, 2.75) is 26.3 Å². The van der Waals surface area contributed by atoms with Crippen LogP contribution in [-0.4, -0.2) is 16.0 Å². The number of aromatic nitrogens is 2. The fraction of sp³-hybridized carbons (Fsp3) is 0.267. The molecule has 0 fully saturated rings. The number of thiophene rings is 1. The van der Waals surface area contributed by atoms with Crippen LogP contribution in [0.15, 0.2) is 38.8 Å². The molecule has 0 aliphatic carbocycles. The Kier molecular flexibility index (Phi) is 4.34. The molecule has 0 aliphatic heterocycles. The van der Waals surface area contributed by atoms with Crippen molar-refractivity contribution >= 4 is 17.2 Å². The Bertz CT molecular complexity index is 746. The zero-order chi connectivity index (χ0) is 15.4. The van der Waals surface area contributed by atoms with E-state index in [9.17, 15) is 4.79 Å². The molecule has 0 saturated heterocycles. The van der Waals surface area contributed by atoms with E-state index in [1.165, 1.54) is 10.4 Å². The molecule has 3 aromatic heterocycles. The number of carbonyl (C=O) groups is 1. The van der Waals surface area contributed by atoms with Crippen LogP contribution in [0.4, 0.5) is 0 Å². The van der Waals surface area contributed by atoms with Crippen LogP contribution < -0.4 is 5.32 Å². The molecule has 0 atom stereocenters. The summed E-state index contributed by atoms with van der Waals surface area (Å²) in [6, 6.07) is 5.55. The quantitative estimate of drug-likeness (QED) is 0.756. The molecule has 114 valence electrons. The van der Waals surface area contributed by atoms with Crippen molar-refractivity contribution in [1.29, 1.82) is 0 Å². The van der Waals surface area contributed by atoms with Crippen LogP contribution >= 0.6 is 11.3 Å². The van der Waals surface area contributed by atoms with Crippen molar-refractivity contribution in [3.8, 4) is 11.6 Å². The first-order valence-electron chi connectivity index (χ1n) is 6.88. The topological polar surface area (TPSA) is 81.2 Å². The first-order valence-corrected chi connectivity index (χ1v) is 7.76. The normalized spacial score (nSPS) is 10.8. The summed E-state index contributed by atoms with van der Waals surface area (Å²) >= 11 is 1.64. The number of nitrogens with one attached hydrogen (secondary N) is 1. The number of rotatable bonds is 6. The summed E-state index contributed by atoms with van der Waals surface area (Å²) in [5, 5.41) is 8.74. The molecule has 3 aromatic rings. The van der Waals surface area contributed by atoms with E-state index in [-0.39, 0.29) is 5.91 Å². The van der Waals surface area contributed by atoms with Gasteiger partial charge in [0.1, 0.15) is 0 Å². The Balaban J connectivity index is 1.48. The molecule has 3 heterocycles. The fourth-order valence-electron chi connectivity index (χ4n) is 1.94. The van der Waals surface area contributed by atoms with Crippen molar-refractivity contribution in [2.75, 3.05) is 0 Å². The van der Waals surface area contributed by atoms with E-state index in [1.54, 1.807) is 29.7 Å². The number of furan rings is 1. The molecule has 3 rings (SSSR count). The lowest BCUT2D eigenvalue weighted by Gasteiger charge is -2.03. The average Bonchev–Trinajstić information content (AvgIpc) is 3.24. The first-order chi connectivity index (χ1) is 10.7. The maximum Gasteiger partial charge on any atom is 0.238 e. The number of carbonyl (C=O) groups excluding carboxylic acids is 1. The summed E-state index contributed by atoms with van der Waals surface area (Å²) in [5.41, 5.74) is 1.20. The van der Waals surface area contributed by atoms with Crippen LogP contribution in [0.1, 0.15) is 22.8 Å². The lowest BCUT2D eigenvalue weighted by atomic mass is 10.2. The number of aryl methyl sites for hydroxylation is 2.